The molecule has 16 heavy (non-hydrogen) atoms. The molecule has 1 amide bonds. The van der Waals surface area contributed by atoms with Crippen LogP contribution in [0, 0.1) is 13.8 Å². The van der Waals surface area contributed by atoms with Gasteiger partial charge in [-0.15, -0.1) is 11.3 Å². The molecule has 0 spiro atoms. The number of amides is 1. The van der Waals surface area contributed by atoms with Crippen LogP contribution in [-0.2, 0) is 6.42 Å². The molecule has 0 aliphatic rings. The maximum absolute atomic E-state index is 11.4. The van der Waals surface area contributed by atoms with Gasteiger partial charge in [-0.1, -0.05) is 6.92 Å². The van der Waals surface area contributed by atoms with Gasteiger partial charge in [-0.25, -0.2) is 4.98 Å². The molecule has 0 saturated carbocycles. The van der Waals surface area contributed by atoms with E-state index >= 15 is 0 Å². The lowest BCUT2D eigenvalue weighted by atomic mass is 10.1. The van der Waals surface area contributed by atoms with Gasteiger partial charge >= 0.3 is 0 Å². The average Bonchev–Trinajstić information content (AvgIpc) is 2.56. The van der Waals surface area contributed by atoms with Crippen molar-refractivity contribution in [2.45, 2.75) is 27.2 Å². The van der Waals surface area contributed by atoms with Crippen molar-refractivity contribution in [3.63, 3.8) is 0 Å². The predicted molar refractivity (Wildman–Crippen MR) is 67.0 cm³/mol. The Hall–Kier alpha value is -1.42. The second-order valence-corrected chi connectivity index (χ2v) is 4.89. The van der Waals surface area contributed by atoms with Crippen molar-refractivity contribution in [2.24, 2.45) is 5.73 Å². The maximum atomic E-state index is 11.4. The lowest BCUT2D eigenvalue weighted by Crippen LogP contribution is -2.10. The number of fused-ring (bicyclic) bond motifs is 1. The summed E-state index contributed by atoms with van der Waals surface area (Å²) in [5.41, 5.74) is 8.57. The number of carbonyl (C=O) groups excluding carboxylic acids is 1. The Morgan fingerprint density at radius 3 is 2.75 bits per heavy atom. The second-order valence-electron chi connectivity index (χ2n) is 3.89. The Balaban J connectivity index is 2.87. The highest BCUT2D eigenvalue weighted by Crippen LogP contribution is 2.32. The summed E-state index contributed by atoms with van der Waals surface area (Å²) >= 11 is 1.40. The molecule has 2 aromatic heterocycles. The van der Waals surface area contributed by atoms with Gasteiger partial charge in [0.2, 0.25) is 0 Å². The number of pyridine rings is 1. The van der Waals surface area contributed by atoms with Gasteiger partial charge in [0.05, 0.1) is 4.88 Å². The molecular weight excluding hydrogens is 220 g/mol. The quantitative estimate of drug-likeness (QED) is 0.868. The molecule has 0 aliphatic heterocycles. The Morgan fingerprint density at radius 1 is 1.50 bits per heavy atom. The molecule has 0 radical (unpaired) electrons. The standard InChI is InChI=1S/C12H14N2OS/c1-4-8-9-6(2)5-7(3)14-12(9)16-10(8)11(13)15/h5H,4H2,1-3H3,(H2,13,15). The summed E-state index contributed by atoms with van der Waals surface area (Å²) in [5.74, 6) is -0.350. The third kappa shape index (κ3) is 1.59. The number of nitrogens with two attached hydrogens (primary N) is 1. The molecule has 2 aromatic rings. The fourth-order valence-electron chi connectivity index (χ4n) is 2.05. The zero-order valence-corrected chi connectivity index (χ0v) is 10.4. The lowest BCUT2D eigenvalue weighted by molar-refractivity contribution is 0.100. The van der Waals surface area contributed by atoms with Crippen LogP contribution in [0.15, 0.2) is 6.07 Å². The number of carbonyl (C=O) groups is 1. The highest BCUT2D eigenvalue weighted by atomic mass is 32.1. The fraction of sp³-hybridized carbons (Fsp3) is 0.333. The number of hydrogen-bond donors (Lipinski definition) is 1. The van der Waals surface area contributed by atoms with E-state index in [0.717, 1.165) is 27.9 Å². The second kappa shape index (κ2) is 3.87. The molecule has 0 saturated heterocycles. The van der Waals surface area contributed by atoms with Crippen LogP contribution in [0.5, 0.6) is 0 Å². The monoisotopic (exact) mass is 234 g/mol. The first kappa shape index (κ1) is 11.1. The molecule has 84 valence electrons. The van der Waals surface area contributed by atoms with Crippen LogP contribution in [0.3, 0.4) is 0 Å². The van der Waals surface area contributed by atoms with Crippen molar-refractivity contribution in [2.75, 3.05) is 0 Å². The van der Waals surface area contributed by atoms with Gasteiger partial charge in [-0.2, -0.15) is 0 Å². The topological polar surface area (TPSA) is 56.0 Å². The van der Waals surface area contributed by atoms with E-state index in [-0.39, 0.29) is 5.91 Å². The van der Waals surface area contributed by atoms with E-state index in [1.165, 1.54) is 16.9 Å². The third-order valence-corrected chi connectivity index (χ3v) is 3.80. The highest BCUT2D eigenvalue weighted by molar-refractivity contribution is 7.20. The van der Waals surface area contributed by atoms with Crippen LogP contribution in [-0.4, -0.2) is 10.9 Å². The van der Waals surface area contributed by atoms with Gasteiger partial charge in [0.15, 0.2) is 0 Å². The van der Waals surface area contributed by atoms with Gasteiger partial charge in [-0.05, 0) is 37.5 Å². The van der Waals surface area contributed by atoms with E-state index < -0.39 is 0 Å². The number of rotatable bonds is 2. The van der Waals surface area contributed by atoms with E-state index in [1.807, 2.05) is 26.8 Å². The van der Waals surface area contributed by atoms with Crippen LogP contribution < -0.4 is 5.73 Å². The van der Waals surface area contributed by atoms with Gasteiger partial charge < -0.3 is 5.73 Å². The molecule has 4 heteroatoms. The summed E-state index contributed by atoms with van der Waals surface area (Å²) in [7, 11) is 0. The Labute approximate surface area is 98.3 Å². The highest BCUT2D eigenvalue weighted by Gasteiger charge is 2.17. The number of nitrogens with zero attached hydrogens (tertiary/aromatic N) is 1. The molecule has 2 N–H and O–H groups in total. The molecule has 3 nitrogen and oxygen atoms in total. The normalized spacial score (nSPS) is 10.9. The minimum Gasteiger partial charge on any atom is -0.365 e. The first-order chi connectivity index (χ1) is 7.54. The van der Waals surface area contributed by atoms with Crippen molar-refractivity contribution >= 4 is 27.5 Å². The van der Waals surface area contributed by atoms with Crippen LogP contribution in [0.2, 0.25) is 0 Å². The molecule has 0 bridgehead atoms. The van der Waals surface area contributed by atoms with Crippen LogP contribution in [0.25, 0.3) is 10.2 Å². The molecule has 2 heterocycles. The van der Waals surface area contributed by atoms with Crippen molar-refractivity contribution in [1.29, 1.82) is 0 Å². The van der Waals surface area contributed by atoms with Gasteiger partial charge in [0.1, 0.15) is 4.83 Å². The van der Waals surface area contributed by atoms with Gasteiger partial charge in [0, 0.05) is 11.1 Å². The molecule has 0 atom stereocenters. The van der Waals surface area contributed by atoms with Crippen molar-refractivity contribution in [3.05, 3.63) is 27.8 Å². The van der Waals surface area contributed by atoms with Gasteiger partial charge in [0.25, 0.3) is 5.91 Å². The van der Waals surface area contributed by atoms with E-state index in [9.17, 15) is 4.79 Å². The number of aromatic nitrogens is 1. The lowest BCUT2D eigenvalue weighted by Gasteiger charge is -2.01. The first-order valence-corrected chi connectivity index (χ1v) is 6.05. The zero-order chi connectivity index (χ0) is 11.9. The van der Waals surface area contributed by atoms with Crippen LogP contribution in [0.4, 0.5) is 0 Å². The maximum Gasteiger partial charge on any atom is 0.259 e. The minimum absolute atomic E-state index is 0.350. The number of hydrogen-bond acceptors (Lipinski definition) is 3. The fourth-order valence-corrected chi connectivity index (χ4v) is 3.29. The van der Waals surface area contributed by atoms with Crippen molar-refractivity contribution in [1.82, 2.24) is 4.98 Å². The summed E-state index contributed by atoms with van der Waals surface area (Å²) in [6.45, 7) is 6.04. The summed E-state index contributed by atoms with van der Waals surface area (Å²) in [4.78, 5) is 17.4. The average molecular weight is 234 g/mol. The van der Waals surface area contributed by atoms with E-state index in [2.05, 4.69) is 4.98 Å². The number of aryl methyl sites for hydroxylation is 3. The summed E-state index contributed by atoms with van der Waals surface area (Å²) in [6.07, 6.45) is 0.809. The molecular formula is C12H14N2OS. The van der Waals surface area contributed by atoms with Crippen LogP contribution >= 0.6 is 11.3 Å². The van der Waals surface area contributed by atoms with E-state index in [4.69, 9.17) is 5.73 Å². The molecule has 0 aromatic carbocycles. The van der Waals surface area contributed by atoms with Crippen LogP contribution in [0.1, 0.15) is 33.4 Å². The smallest absolute Gasteiger partial charge is 0.259 e. The Morgan fingerprint density at radius 2 is 2.19 bits per heavy atom. The molecule has 0 aliphatic carbocycles. The van der Waals surface area contributed by atoms with Crippen molar-refractivity contribution < 1.29 is 4.79 Å². The molecule has 0 unspecified atom stereocenters. The molecule has 2 rings (SSSR count). The minimum atomic E-state index is -0.350. The zero-order valence-electron chi connectivity index (χ0n) is 9.63. The third-order valence-electron chi connectivity index (χ3n) is 2.66. The summed E-state index contributed by atoms with van der Waals surface area (Å²) in [5, 5.41) is 1.10. The summed E-state index contributed by atoms with van der Waals surface area (Å²) < 4.78 is 0. The first-order valence-electron chi connectivity index (χ1n) is 5.24. The largest absolute Gasteiger partial charge is 0.365 e. The molecule has 0 fully saturated rings. The SMILES string of the molecule is CCc1c(C(N)=O)sc2nc(C)cc(C)c12. The van der Waals surface area contributed by atoms with E-state index in [1.54, 1.807) is 0 Å². The Kier molecular flexibility index (Phi) is 2.68. The van der Waals surface area contributed by atoms with E-state index in [0.29, 0.717) is 4.88 Å². The number of primary amides is 1. The summed E-state index contributed by atoms with van der Waals surface area (Å²) in [6, 6.07) is 2.04. The van der Waals surface area contributed by atoms with Crippen molar-refractivity contribution in [3.8, 4) is 0 Å². The van der Waals surface area contributed by atoms with Gasteiger partial charge in [-0.3, -0.25) is 4.79 Å². The number of thiophene rings is 1. The Bertz CT molecular complexity index is 572. The predicted octanol–water partition coefficient (Wildman–Crippen LogP) is 2.57.